The first-order valence-corrected chi connectivity index (χ1v) is 7.89. The van der Waals surface area contributed by atoms with E-state index in [0.29, 0.717) is 6.54 Å². The van der Waals surface area contributed by atoms with E-state index in [2.05, 4.69) is 15.6 Å². The molecule has 0 saturated carbocycles. The van der Waals surface area contributed by atoms with Crippen LogP contribution in [0.3, 0.4) is 0 Å². The molecule has 23 heavy (non-hydrogen) atoms. The largest absolute Gasteiger partial charge is 0.493 e. The molecule has 1 aromatic carbocycles. The van der Waals surface area contributed by atoms with Crippen LogP contribution in [0, 0.1) is 0 Å². The Morgan fingerprint density at radius 2 is 1.78 bits per heavy atom. The Morgan fingerprint density at radius 3 is 2.43 bits per heavy atom. The molecule has 1 rings (SSSR count). The number of nitrogens with one attached hydrogen (secondary N) is 2. The predicted molar refractivity (Wildman–Crippen MR) is 93.5 cm³/mol. The summed E-state index contributed by atoms with van der Waals surface area (Å²) in [6.45, 7) is 2.39. The summed E-state index contributed by atoms with van der Waals surface area (Å²) in [6, 6.07) is 5.87. The van der Waals surface area contributed by atoms with Crippen LogP contribution < -0.4 is 20.1 Å². The van der Waals surface area contributed by atoms with Gasteiger partial charge in [0.25, 0.3) is 0 Å². The van der Waals surface area contributed by atoms with Gasteiger partial charge in [0.05, 0.1) is 14.2 Å². The van der Waals surface area contributed by atoms with Crippen molar-refractivity contribution in [1.82, 2.24) is 10.6 Å². The Balaban J connectivity index is 2.37. The fourth-order valence-corrected chi connectivity index (χ4v) is 2.15. The minimum atomic E-state index is 0.670. The number of hydrogen-bond acceptors (Lipinski definition) is 4. The van der Waals surface area contributed by atoms with Crippen LogP contribution in [0.4, 0.5) is 0 Å². The van der Waals surface area contributed by atoms with E-state index in [-0.39, 0.29) is 0 Å². The van der Waals surface area contributed by atoms with Crippen LogP contribution in [0.1, 0.15) is 24.8 Å². The number of unbranched alkanes of at least 4 members (excludes halogenated alkanes) is 2. The minimum absolute atomic E-state index is 0.670. The van der Waals surface area contributed by atoms with Crippen molar-refractivity contribution in [3.63, 3.8) is 0 Å². The number of hydrogen-bond donors (Lipinski definition) is 2. The Bertz CT molecular complexity index is 478. The Kier molecular flexibility index (Phi) is 9.63. The van der Waals surface area contributed by atoms with E-state index in [4.69, 9.17) is 14.2 Å². The van der Waals surface area contributed by atoms with Crippen molar-refractivity contribution < 1.29 is 14.2 Å². The lowest BCUT2D eigenvalue weighted by Gasteiger charge is -2.13. The van der Waals surface area contributed by atoms with Crippen molar-refractivity contribution in [1.29, 1.82) is 0 Å². The van der Waals surface area contributed by atoms with Gasteiger partial charge in [-0.2, -0.15) is 0 Å². The summed E-state index contributed by atoms with van der Waals surface area (Å²) in [5, 5.41) is 6.60. The van der Waals surface area contributed by atoms with E-state index in [1.807, 2.05) is 18.2 Å². The molecule has 0 bridgehead atoms. The molecule has 0 amide bonds. The van der Waals surface area contributed by atoms with Gasteiger partial charge in [-0.1, -0.05) is 6.07 Å². The average Bonchev–Trinajstić information content (AvgIpc) is 2.60. The summed E-state index contributed by atoms with van der Waals surface area (Å²) in [7, 11) is 6.78. The molecule has 130 valence electrons. The first-order chi connectivity index (χ1) is 11.2. The third-order valence-electron chi connectivity index (χ3n) is 3.45. The fraction of sp³-hybridized carbons (Fsp3) is 0.588. The summed E-state index contributed by atoms with van der Waals surface area (Å²) < 4.78 is 15.6. The van der Waals surface area contributed by atoms with Crippen molar-refractivity contribution in [2.75, 3.05) is 41.5 Å². The Hall–Kier alpha value is -1.95. The second kappa shape index (κ2) is 11.6. The van der Waals surface area contributed by atoms with Crippen LogP contribution >= 0.6 is 0 Å². The number of ether oxygens (including phenoxy) is 3. The fourth-order valence-electron chi connectivity index (χ4n) is 2.15. The topological polar surface area (TPSA) is 64.1 Å². The first kappa shape index (κ1) is 19.1. The van der Waals surface area contributed by atoms with Crippen molar-refractivity contribution in [2.45, 2.75) is 25.8 Å². The van der Waals surface area contributed by atoms with Gasteiger partial charge in [0.1, 0.15) is 0 Å². The minimum Gasteiger partial charge on any atom is -0.493 e. The lowest BCUT2D eigenvalue weighted by atomic mass is 10.2. The summed E-state index contributed by atoms with van der Waals surface area (Å²) in [5.41, 5.74) is 1.10. The van der Waals surface area contributed by atoms with Gasteiger partial charge in [-0.3, -0.25) is 4.99 Å². The standard InChI is InChI=1S/C17H29N3O3/c1-18-17(19-10-6-5-7-11-21-2)20-13-14-8-9-15(22-3)16(12-14)23-4/h8-9,12H,5-7,10-11,13H2,1-4H3,(H2,18,19,20). The average molecular weight is 323 g/mol. The second-order valence-corrected chi connectivity index (χ2v) is 5.10. The SMILES string of the molecule is CN=C(NCCCCCOC)NCc1ccc(OC)c(OC)c1. The van der Waals surface area contributed by atoms with Gasteiger partial charge in [0.15, 0.2) is 17.5 Å². The summed E-state index contributed by atoms with van der Waals surface area (Å²) in [4.78, 5) is 4.23. The van der Waals surface area contributed by atoms with E-state index in [0.717, 1.165) is 55.4 Å². The monoisotopic (exact) mass is 323 g/mol. The van der Waals surface area contributed by atoms with Gasteiger partial charge in [0, 0.05) is 33.9 Å². The molecule has 0 fully saturated rings. The molecule has 2 N–H and O–H groups in total. The summed E-state index contributed by atoms with van der Waals surface area (Å²) >= 11 is 0. The number of guanidine groups is 1. The molecule has 0 aliphatic rings. The van der Waals surface area contributed by atoms with Gasteiger partial charge < -0.3 is 24.8 Å². The zero-order valence-corrected chi connectivity index (χ0v) is 14.6. The maximum Gasteiger partial charge on any atom is 0.191 e. The zero-order chi connectivity index (χ0) is 16.9. The van der Waals surface area contributed by atoms with E-state index in [1.165, 1.54) is 0 Å². The third-order valence-corrected chi connectivity index (χ3v) is 3.45. The molecule has 0 saturated heterocycles. The normalized spacial score (nSPS) is 11.2. The molecule has 0 aliphatic heterocycles. The van der Waals surface area contributed by atoms with Crippen LogP contribution in [-0.2, 0) is 11.3 Å². The van der Waals surface area contributed by atoms with Gasteiger partial charge in [-0.25, -0.2) is 0 Å². The molecule has 0 aromatic heterocycles. The highest BCUT2D eigenvalue weighted by Gasteiger charge is 2.05. The van der Waals surface area contributed by atoms with E-state index in [9.17, 15) is 0 Å². The maximum absolute atomic E-state index is 5.31. The number of nitrogens with zero attached hydrogens (tertiary/aromatic N) is 1. The number of methoxy groups -OCH3 is 3. The second-order valence-electron chi connectivity index (χ2n) is 5.10. The van der Waals surface area contributed by atoms with Crippen molar-refractivity contribution in [3.8, 4) is 11.5 Å². The lowest BCUT2D eigenvalue weighted by Crippen LogP contribution is -2.37. The first-order valence-electron chi connectivity index (χ1n) is 7.89. The predicted octanol–water partition coefficient (Wildman–Crippen LogP) is 2.19. The molecule has 0 heterocycles. The molecule has 0 radical (unpaired) electrons. The van der Waals surface area contributed by atoms with Gasteiger partial charge in [0.2, 0.25) is 0 Å². The van der Waals surface area contributed by atoms with Crippen LogP contribution in [0.5, 0.6) is 11.5 Å². The number of rotatable bonds is 10. The Morgan fingerprint density at radius 1 is 1.00 bits per heavy atom. The highest BCUT2D eigenvalue weighted by atomic mass is 16.5. The summed E-state index contributed by atoms with van der Waals surface area (Å²) in [6.07, 6.45) is 3.34. The van der Waals surface area contributed by atoms with E-state index in [1.54, 1.807) is 28.4 Å². The zero-order valence-electron chi connectivity index (χ0n) is 14.6. The quantitative estimate of drug-likeness (QED) is 0.392. The van der Waals surface area contributed by atoms with Gasteiger partial charge >= 0.3 is 0 Å². The molecule has 0 unspecified atom stereocenters. The van der Waals surface area contributed by atoms with Gasteiger partial charge in [-0.15, -0.1) is 0 Å². The number of benzene rings is 1. The molecular formula is C17H29N3O3. The molecule has 0 spiro atoms. The van der Waals surface area contributed by atoms with Crippen LogP contribution in [0.25, 0.3) is 0 Å². The van der Waals surface area contributed by atoms with E-state index >= 15 is 0 Å². The van der Waals surface area contributed by atoms with Crippen LogP contribution in [-0.4, -0.2) is 47.5 Å². The molecular weight excluding hydrogens is 294 g/mol. The molecule has 0 atom stereocenters. The molecule has 6 heteroatoms. The van der Waals surface area contributed by atoms with Crippen molar-refractivity contribution >= 4 is 5.96 Å². The van der Waals surface area contributed by atoms with E-state index < -0.39 is 0 Å². The Labute approximate surface area is 139 Å². The van der Waals surface area contributed by atoms with Crippen LogP contribution in [0.15, 0.2) is 23.2 Å². The van der Waals surface area contributed by atoms with Crippen molar-refractivity contribution in [2.24, 2.45) is 4.99 Å². The van der Waals surface area contributed by atoms with Crippen LogP contribution in [0.2, 0.25) is 0 Å². The third kappa shape index (κ3) is 7.23. The number of aliphatic imine (C=N–C) groups is 1. The lowest BCUT2D eigenvalue weighted by molar-refractivity contribution is 0.192. The maximum atomic E-state index is 5.31. The molecule has 6 nitrogen and oxygen atoms in total. The molecule has 0 aliphatic carbocycles. The highest BCUT2D eigenvalue weighted by molar-refractivity contribution is 5.79. The summed E-state index contributed by atoms with van der Waals surface area (Å²) in [5.74, 6) is 2.26. The van der Waals surface area contributed by atoms with Gasteiger partial charge in [-0.05, 0) is 37.0 Å². The highest BCUT2D eigenvalue weighted by Crippen LogP contribution is 2.27. The van der Waals surface area contributed by atoms with Crippen molar-refractivity contribution in [3.05, 3.63) is 23.8 Å². The smallest absolute Gasteiger partial charge is 0.191 e. The molecule has 1 aromatic rings.